The average Bonchev–Trinajstić information content (AvgIpc) is 2.94. The van der Waals surface area contributed by atoms with Gasteiger partial charge in [0, 0.05) is 0 Å². The number of hydrogen-bond donors (Lipinski definition) is 1. The molecule has 0 saturated heterocycles. The Bertz CT molecular complexity index is 570. The van der Waals surface area contributed by atoms with Gasteiger partial charge in [-0.2, -0.15) is 20.3 Å². The Labute approximate surface area is 104 Å². The molecule has 2 aromatic rings. The molecule has 1 heterocycles. The van der Waals surface area contributed by atoms with E-state index in [1.165, 1.54) is 35.4 Å². The van der Waals surface area contributed by atoms with Gasteiger partial charge in [0.1, 0.15) is 5.69 Å². The topological polar surface area (TPSA) is 91.8 Å². The van der Waals surface area contributed by atoms with E-state index in [1.807, 2.05) is 19.9 Å². The maximum atomic E-state index is 11.0. The van der Waals surface area contributed by atoms with Crippen LogP contribution in [0.2, 0.25) is 0 Å². The lowest BCUT2D eigenvalue weighted by molar-refractivity contribution is 0.0696. The van der Waals surface area contributed by atoms with Crippen molar-refractivity contribution in [3.8, 4) is 11.8 Å². The molecule has 6 nitrogen and oxygen atoms in total. The van der Waals surface area contributed by atoms with Crippen LogP contribution in [0.3, 0.4) is 0 Å². The third-order valence-corrected chi connectivity index (χ3v) is 1.99. The van der Waals surface area contributed by atoms with E-state index in [2.05, 4.69) is 10.2 Å². The fourth-order valence-corrected chi connectivity index (χ4v) is 1.29. The third-order valence-electron chi connectivity index (χ3n) is 1.99. The van der Waals surface area contributed by atoms with E-state index >= 15 is 0 Å². The molecule has 6 heteroatoms. The van der Waals surface area contributed by atoms with Crippen LogP contribution < -0.4 is 0 Å². The summed E-state index contributed by atoms with van der Waals surface area (Å²) in [5.41, 5.74) is 0.684. The van der Waals surface area contributed by atoms with Crippen molar-refractivity contribution in [2.75, 3.05) is 0 Å². The lowest BCUT2D eigenvalue weighted by Gasteiger charge is -2.04. The van der Waals surface area contributed by atoms with E-state index in [-0.39, 0.29) is 11.3 Å². The molecule has 18 heavy (non-hydrogen) atoms. The van der Waals surface area contributed by atoms with Crippen molar-refractivity contribution in [2.45, 2.75) is 13.8 Å². The number of aromatic nitrogens is 3. The molecule has 1 aromatic heterocycles. The highest BCUT2D eigenvalue weighted by Gasteiger charge is 2.13. The van der Waals surface area contributed by atoms with Gasteiger partial charge in [0.2, 0.25) is 0 Å². The number of carboxylic acids is 1. The summed E-state index contributed by atoms with van der Waals surface area (Å²) in [6.07, 6.45) is 2.87. The quantitative estimate of drug-likeness (QED) is 0.870. The van der Waals surface area contributed by atoms with E-state index in [4.69, 9.17) is 10.4 Å². The maximum Gasteiger partial charge on any atom is 0.337 e. The number of hydrogen-bond acceptors (Lipinski definition) is 4. The van der Waals surface area contributed by atoms with Crippen LogP contribution in [0.5, 0.6) is 0 Å². The van der Waals surface area contributed by atoms with Crippen molar-refractivity contribution in [1.29, 1.82) is 5.26 Å². The van der Waals surface area contributed by atoms with Crippen LogP contribution >= 0.6 is 0 Å². The van der Waals surface area contributed by atoms with Gasteiger partial charge >= 0.3 is 5.97 Å². The second kappa shape index (κ2) is 6.15. The lowest BCUT2D eigenvalue weighted by atomic mass is 10.1. The Balaban J connectivity index is 0.000000771. The Morgan fingerprint density at radius 3 is 2.44 bits per heavy atom. The normalized spacial score (nSPS) is 8.94. The predicted octanol–water partition coefficient (Wildman–Crippen LogP) is 1.86. The van der Waals surface area contributed by atoms with Gasteiger partial charge in [0.25, 0.3) is 0 Å². The molecule has 0 aliphatic heterocycles. The van der Waals surface area contributed by atoms with Gasteiger partial charge in [-0.05, 0) is 18.2 Å². The van der Waals surface area contributed by atoms with Crippen LogP contribution in [-0.2, 0) is 0 Å². The van der Waals surface area contributed by atoms with Gasteiger partial charge < -0.3 is 5.11 Å². The number of rotatable bonds is 2. The fraction of sp³-hybridized carbons (Fsp3) is 0.167. The molecule has 0 radical (unpaired) electrons. The number of nitrogens with zero attached hydrogens (tertiary/aromatic N) is 4. The zero-order valence-electron chi connectivity index (χ0n) is 10.0. The smallest absolute Gasteiger partial charge is 0.337 e. The van der Waals surface area contributed by atoms with Crippen molar-refractivity contribution < 1.29 is 9.90 Å². The minimum atomic E-state index is -1.09. The molecular formula is C12H12N4O2. The molecule has 2 rings (SSSR count). The molecule has 1 N–H and O–H groups in total. The Morgan fingerprint density at radius 1 is 1.33 bits per heavy atom. The second-order valence-corrected chi connectivity index (χ2v) is 2.97. The van der Waals surface area contributed by atoms with Crippen LogP contribution in [0, 0.1) is 11.3 Å². The van der Waals surface area contributed by atoms with Gasteiger partial charge in [-0.1, -0.05) is 13.8 Å². The van der Waals surface area contributed by atoms with E-state index in [1.54, 1.807) is 0 Å². The molecule has 0 bridgehead atoms. The first-order valence-corrected chi connectivity index (χ1v) is 5.36. The monoisotopic (exact) mass is 244 g/mol. The van der Waals surface area contributed by atoms with E-state index in [9.17, 15) is 4.79 Å². The number of carbonyl (C=O) groups is 1. The highest BCUT2D eigenvalue weighted by Crippen LogP contribution is 2.14. The largest absolute Gasteiger partial charge is 0.478 e. The van der Waals surface area contributed by atoms with E-state index in [0.717, 1.165) is 0 Å². The van der Waals surface area contributed by atoms with Gasteiger partial charge in [-0.15, -0.1) is 0 Å². The van der Waals surface area contributed by atoms with Gasteiger partial charge in [-0.3, -0.25) is 0 Å². The number of nitriles is 1. The molecule has 92 valence electrons. The average molecular weight is 244 g/mol. The summed E-state index contributed by atoms with van der Waals surface area (Å²) in [4.78, 5) is 12.1. The van der Waals surface area contributed by atoms with Crippen LogP contribution in [0.25, 0.3) is 5.69 Å². The number of benzene rings is 1. The molecular weight excluding hydrogens is 232 g/mol. The number of carboxylic acid groups (broad SMARTS) is 1. The van der Waals surface area contributed by atoms with E-state index < -0.39 is 5.97 Å². The van der Waals surface area contributed by atoms with E-state index in [0.29, 0.717) is 5.56 Å². The molecule has 0 saturated carbocycles. The minimum absolute atomic E-state index is 0.0511. The first kappa shape index (κ1) is 13.4. The molecule has 0 fully saturated rings. The fourth-order valence-electron chi connectivity index (χ4n) is 1.29. The highest BCUT2D eigenvalue weighted by molar-refractivity contribution is 5.92. The summed E-state index contributed by atoms with van der Waals surface area (Å²) in [6, 6.07) is 6.17. The molecule has 1 aromatic carbocycles. The van der Waals surface area contributed by atoms with Gasteiger partial charge in [0.15, 0.2) is 0 Å². The SMILES string of the molecule is CC.N#Cc1ccc(C(=O)O)c(-n2nccn2)c1. The summed E-state index contributed by atoms with van der Waals surface area (Å²) in [5.74, 6) is -1.09. The second-order valence-electron chi connectivity index (χ2n) is 2.97. The van der Waals surface area contributed by atoms with Crippen molar-refractivity contribution in [1.82, 2.24) is 15.0 Å². The summed E-state index contributed by atoms with van der Waals surface area (Å²) in [7, 11) is 0. The summed E-state index contributed by atoms with van der Waals surface area (Å²) < 4.78 is 0. The van der Waals surface area contributed by atoms with Crippen molar-refractivity contribution in [3.05, 3.63) is 41.7 Å². The molecule has 0 spiro atoms. The van der Waals surface area contributed by atoms with Gasteiger partial charge in [0.05, 0.1) is 29.6 Å². The number of aromatic carboxylic acids is 1. The highest BCUT2D eigenvalue weighted by atomic mass is 16.4. The van der Waals surface area contributed by atoms with Crippen LogP contribution in [0.15, 0.2) is 30.6 Å². The first-order chi connectivity index (χ1) is 8.72. The summed E-state index contributed by atoms with van der Waals surface area (Å²) in [6.45, 7) is 4.00. The van der Waals surface area contributed by atoms with Crippen LogP contribution in [0.1, 0.15) is 29.8 Å². The summed E-state index contributed by atoms with van der Waals surface area (Å²) in [5, 5.41) is 25.4. The standard InChI is InChI=1S/C10H6N4O2.C2H6/c11-6-7-1-2-8(10(15)16)9(5-7)14-12-3-4-13-14;1-2/h1-5H,(H,15,16);1-2H3. The Hall–Kier alpha value is -2.68. The van der Waals surface area contributed by atoms with Crippen molar-refractivity contribution >= 4 is 5.97 Å². The molecule has 0 atom stereocenters. The first-order valence-electron chi connectivity index (χ1n) is 5.36. The molecule has 0 aliphatic carbocycles. The lowest BCUT2D eigenvalue weighted by Crippen LogP contribution is -2.08. The molecule has 0 aliphatic rings. The third kappa shape index (κ3) is 2.71. The van der Waals surface area contributed by atoms with Crippen molar-refractivity contribution in [3.63, 3.8) is 0 Å². The van der Waals surface area contributed by atoms with Crippen LogP contribution in [0.4, 0.5) is 0 Å². The van der Waals surface area contributed by atoms with Crippen LogP contribution in [-0.4, -0.2) is 26.1 Å². The Kier molecular flexibility index (Phi) is 4.58. The minimum Gasteiger partial charge on any atom is -0.478 e. The van der Waals surface area contributed by atoms with Gasteiger partial charge in [-0.25, -0.2) is 4.79 Å². The predicted molar refractivity (Wildman–Crippen MR) is 64.4 cm³/mol. The zero-order valence-corrected chi connectivity index (χ0v) is 10.0. The summed E-state index contributed by atoms with van der Waals surface area (Å²) >= 11 is 0. The molecule has 0 amide bonds. The molecule has 0 unspecified atom stereocenters. The van der Waals surface area contributed by atoms with Crippen molar-refractivity contribution in [2.24, 2.45) is 0 Å². The zero-order chi connectivity index (χ0) is 13.5. The Morgan fingerprint density at radius 2 is 1.94 bits per heavy atom. The maximum absolute atomic E-state index is 11.0.